The van der Waals surface area contributed by atoms with Crippen molar-refractivity contribution in [3.8, 4) is 11.5 Å². The Labute approximate surface area is 113 Å². The van der Waals surface area contributed by atoms with Gasteiger partial charge in [0.05, 0.1) is 5.56 Å². The van der Waals surface area contributed by atoms with Crippen LogP contribution in [0.15, 0.2) is 22.6 Å². The van der Waals surface area contributed by atoms with Crippen molar-refractivity contribution in [2.24, 2.45) is 0 Å². The molecule has 0 saturated carbocycles. The summed E-state index contributed by atoms with van der Waals surface area (Å²) in [5, 5.41) is 0. The molecule has 0 N–H and O–H groups in total. The third kappa shape index (κ3) is 1.87. The summed E-state index contributed by atoms with van der Waals surface area (Å²) in [6.07, 6.45) is 1.85. The minimum absolute atomic E-state index is 0.327. The maximum absolute atomic E-state index is 13.6. The Balaban J connectivity index is 2.22. The standard InChI is InChI=1S/C13H3F4NO3/c14-5-3-4(8(15)10(17)9(5)16)13-18-11-6(19)1-2-7(20)12(11)21-13/h1-3H. The fraction of sp³-hybridized carbons (Fsp3) is 0. The summed E-state index contributed by atoms with van der Waals surface area (Å²) >= 11 is 0. The van der Waals surface area contributed by atoms with Gasteiger partial charge in [-0.2, -0.15) is 0 Å². The highest BCUT2D eigenvalue weighted by molar-refractivity contribution is 6.20. The summed E-state index contributed by atoms with van der Waals surface area (Å²) in [7, 11) is 0. The molecule has 0 atom stereocenters. The zero-order chi connectivity index (χ0) is 15.3. The smallest absolute Gasteiger partial charge is 0.230 e. The number of carbonyl (C=O) groups is 2. The van der Waals surface area contributed by atoms with Gasteiger partial charge >= 0.3 is 0 Å². The first kappa shape index (κ1) is 13.2. The molecular weight excluding hydrogens is 294 g/mol. The molecule has 0 radical (unpaired) electrons. The van der Waals surface area contributed by atoms with Gasteiger partial charge in [-0.05, 0) is 18.2 Å². The summed E-state index contributed by atoms with van der Waals surface area (Å²) in [5.74, 6) is -9.97. The molecule has 1 heterocycles. The maximum Gasteiger partial charge on any atom is 0.230 e. The van der Waals surface area contributed by atoms with Gasteiger partial charge < -0.3 is 4.42 Å². The fourth-order valence-electron chi connectivity index (χ4n) is 1.80. The van der Waals surface area contributed by atoms with Gasteiger partial charge in [-0.3, -0.25) is 9.59 Å². The van der Waals surface area contributed by atoms with Crippen molar-refractivity contribution in [1.29, 1.82) is 0 Å². The molecular formula is C13H3F4NO3. The molecule has 0 saturated heterocycles. The quantitative estimate of drug-likeness (QED) is 0.461. The lowest BCUT2D eigenvalue weighted by atomic mass is 10.1. The van der Waals surface area contributed by atoms with Gasteiger partial charge in [-0.15, -0.1) is 0 Å². The Kier molecular flexibility index (Phi) is 2.75. The Hall–Kier alpha value is -2.77. The number of hydrogen-bond acceptors (Lipinski definition) is 4. The summed E-state index contributed by atoms with van der Waals surface area (Å²) in [6.45, 7) is 0. The first-order valence-electron chi connectivity index (χ1n) is 5.51. The minimum atomic E-state index is -2.04. The number of ketones is 2. The van der Waals surface area contributed by atoms with Crippen molar-refractivity contribution in [3.05, 3.63) is 52.9 Å². The van der Waals surface area contributed by atoms with Crippen LogP contribution >= 0.6 is 0 Å². The molecule has 8 heteroatoms. The maximum atomic E-state index is 13.6. The fourth-order valence-corrected chi connectivity index (χ4v) is 1.80. The van der Waals surface area contributed by atoms with E-state index in [9.17, 15) is 27.2 Å². The lowest BCUT2D eigenvalue weighted by Gasteiger charge is -2.01. The second kappa shape index (κ2) is 4.37. The predicted molar refractivity (Wildman–Crippen MR) is 59.6 cm³/mol. The SMILES string of the molecule is O=C1C=CC(=O)c2oc(-c3cc(F)c(F)c(F)c3F)nc21. The van der Waals surface area contributed by atoms with Crippen LogP contribution in [0.4, 0.5) is 17.6 Å². The number of hydrogen-bond donors (Lipinski definition) is 0. The van der Waals surface area contributed by atoms with Crippen LogP contribution in [0.1, 0.15) is 21.0 Å². The third-order valence-corrected chi connectivity index (χ3v) is 2.80. The summed E-state index contributed by atoms with van der Waals surface area (Å²) < 4.78 is 57.7. The topological polar surface area (TPSA) is 60.2 Å². The molecule has 2 aromatic rings. The molecule has 3 rings (SSSR count). The first-order valence-corrected chi connectivity index (χ1v) is 5.51. The van der Waals surface area contributed by atoms with E-state index in [0.717, 1.165) is 12.2 Å². The van der Waals surface area contributed by atoms with E-state index < -0.39 is 57.7 Å². The van der Waals surface area contributed by atoms with Crippen molar-refractivity contribution < 1.29 is 31.6 Å². The molecule has 0 bridgehead atoms. The van der Waals surface area contributed by atoms with E-state index in [1.54, 1.807) is 0 Å². The highest BCUT2D eigenvalue weighted by Gasteiger charge is 2.29. The Morgan fingerprint density at radius 2 is 1.57 bits per heavy atom. The van der Waals surface area contributed by atoms with Gasteiger partial charge in [0, 0.05) is 0 Å². The highest BCUT2D eigenvalue weighted by atomic mass is 19.2. The molecule has 0 amide bonds. The monoisotopic (exact) mass is 297 g/mol. The van der Waals surface area contributed by atoms with Crippen molar-refractivity contribution in [3.63, 3.8) is 0 Å². The van der Waals surface area contributed by atoms with Crippen LogP contribution in [-0.2, 0) is 0 Å². The van der Waals surface area contributed by atoms with Crippen LogP contribution in [0.2, 0.25) is 0 Å². The van der Waals surface area contributed by atoms with Crippen LogP contribution in [0.5, 0.6) is 0 Å². The second-order valence-electron chi connectivity index (χ2n) is 4.11. The van der Waals surface area contributed by atoms with E-state index in [0.29, 0.717) is 6.07 Å². The predicted octanol–water partition coefficient (Wildman–Crippen LogP) is 2.83. The van der Waals surface area contributed by atoms with Gasteiger partial charge in [-0.25, -0.2) is 22.5 Å². The number of nitrogens with zero attached hydrogens (tertiary/aromatic N) is 1. The largest absolute Gasteiger partial charge is 0.432 e. The van der Waals surface area contributed by atoms with Crippen LogP contribution in [0.3, 0.4) is 0 Å². The van der Waals surface area contributed by atoms with E-state index in [1.807, 2.05) is 0 Å². The summed E-state index contributed by atoms with van der Waals surface area (Å²) in [6, 6.07) is 0.327. The van der Waals surface area contributed by atoms with Crippen molar-refractivity contribution >= 4 is 11.6 Å². The van der Waals surface area contributed by atoms with E-state index in [4.69, 9.17) is 4.42 Å². The molecule has 1 aliphatic carbocycles. The van der Waals surface area contributed by atoms with Crippen LogP contribution in [-0.4, -0.2) is 16.6 Å². The Bertz CT molecular complexity index is 803. The zero-order valence-corrected chi connectivity index (χ0v) is 9.92. The molecule has 4 nitrogen and oxygen atoms in total. The van der Waals surface area contributed by atoms with Gasteiger partial charge in [0.25, 0.3) is 0 Å². The number of rotatable bonds is 1. The number of oxazole rings is 1. The summed E-state index contributed by atoms with van der Waals surface area (Å²) in [5.41, 5.74) is -1.23. The van der Waals surface area contributed by atoms with Crippen LogP contribution in [0.25, 0.3) is 11.5 Å². The lowest BCUT2D eigenvalue weighted by molar-refractivity contribution is 0.0974. The number of aromatic nitrogens is 1. The number of allylic oxidation sites excluding steroid dienone is 2. The molecule has 0 fully saturated rings. The molecule has 1 aliphatic rings. The van der Waals surface area contributed by atoms with Crippen molar-refractivity contribution in [2.45, 2.75) is 0 Å². The molecule has 21 heavy (non-hydrogen) atoms. The van der Waals surface area contributed by atoms with E-state index in [2.05, 4.69) is 4.98 Å². The number of fused-ring (bicyclic) bond motifs is 1. The molecule has 1 aromatic heterocycles. The average molecular weight is 297 g/mol. The van der Waals surface area contributed by atoms with Crippen molar-refractivity contribution in [1.82, 2.24) is 4.98 Å². The third-order valence-electron chi connectivity index (χ3n) is 2.80. The van der Waals surface area contributed by atoms with E-state index >= 15 is 0 Å². The lowest BCUT2D eigenvalue weighted by Crippen LogP contribution is -2.09. The Morgan fingerprint density at radius 1 is 0.905 bits per heavy atom. The van der Waals surface area contributed by atoms with E-state index in [-0.39, 0.29) is 0 Å². The molecule has 1 aromatic carbocycles. The molecule has 0 unspecified atom stereocenters. The first-order chi connectivity index (χ1) is 9.90. The van der Waals surface area contributed by atoms with Gasteiger partial charge in [-0.1, -0.05) is 0 Å². The van der Waals surface area contributed by atoms with Crippen LogP contribution in [0, 0.1) is 23.3 Å². The van der Waals surface area contributed by atoms with Gasteiger partial charge in [0.15, 0.2) is 29.0 Å². The average Bonchev–Trinajstić information content (AvgIpc) is 2.91. The Morgan fingerprint density at radius 3 is 2.24 bits per heavy atom. The molecule has 0 aliphatic heterocycles. The molecule has 0 spiro atoms. The molecule has 106 valence electrons. The zero-order valence-electron chi connectivity index (χ0n) is 9.92. The normalized spacial score (nSPS) is 13.7. The second-order valence-corrected chi connectivity index (χ2v) is 4.11. The highest BCUT2D eigenvalue weighted by Crippen LogP contribution is 2.30. The number of carbonyl (C=O) groups excluding carboxylic acids is 2. The van der Waals surface area contributed by atoms with Crippen molar-refractivity contribution in [2.75, 3.05) is 0 Å². The minimum Gasteiger partial charge on any atom is -0.432 e. The summed E-state index contributed by atoms with van der Waals surface area (Å²) in [4.78, 5) is 26.5. The van der Waals surface area contributed by atoms with Crippen LogP contribution < -0.4 is 0 Å². The van der Waals surface area contributed by atoms with Gasteiger partial charge in [0.1, 0.15) is 0 Å². The van der Waals surface area contributed by atoms with E-state index in [1.165, 1.54) is 0 Å². The number of halogens is 4. The number of benzene rings is 1. The van der Waals surface area contributed by atoms with Gasteiger partial charge in [0.2, 0.25) is 23.2 Å².